The van der Waals surface area contributed by atoms with E-state index in [1.807, 2.05) is 61.5 Å². The number of ether oxygens (including phenoxy) is 1. The summed E-state index contributed by atoms with van der Waals surface area (Å²) in [5.74, 6) is 0.654. The van der Waals surface area contributed by atoms with Gasteiger partial charge in [0.15, 0.2) is 5.60 Å². The molecule has 1 amide bonds. The Morgan fingerprint density at radius 1 is 0.895 bits per heavy atom. The molecule has 7 nitrogen and oxygen atoms in total. The zero-order chi connectivity index (χ0) is 26.7. The largest absolute Gasteiger partial charge is 0.457 e. The third-order valence-corrected chi connectivity index (χ3v) is 6.38. The van der Waals surface area contributed by atoms with Crippen molar-refractivity contribution in [1.82, 2.24) is 5.16 Å². The summed E-state index contributed by atoms with van der Waals surface area (Å²) in [6, 6.07) is 28.7. The molecule has 190 valence electrons. The summed E-state index contributed by atoms with van der Waals surface area (Å²) in [5, 5.41) is 19.4. The van der Waals surface area contributed by atoms with Crippen molar-refractivity contribution < 1.29 is 19.2 Å². The third-order valence-electron chi connectivity index (χ3n) is 6.38. The van der Waals surface area contributed by atoms with E-state index in [1.54, 1.807) is 49.4 Å². The van der Waals surface area contributed by atoms with Gasteiger partial charge in [0.2, 0.25) is 0 Å². The maximum absolute atomic E-state index is 13.7. The Hall–Kier alpha value is -4.75. The summed E-state index contributed by atoms with van der Waals surface area (Å²) in [6.07, 6.45) is 0.0527. The third kappa shape index (κ3) is 5.19. The van der Waals surface area contributed by atoms with Gasteiger partial charge >= 0.3 is 5.63 Å². The molecule has 0 bridgehead atoms. The number of para-hydroxylation sites is 1. The minimum absolute atomic E-state index is 0.0527. The Bertz CT molecular complexity index is 1660. The molecule has 0 aliphatic carbocycles. The van der Waals surface area contributed by atoms with Crippen LogP contribution in [0.5, 0.6) is 11.5 Å². The lowest BCUT2D eigenvalue weighted by atomic mass is 9.85. The van der Waals surface area contributed by atoms with E-state index in [0.717, 1.165) is 11.1 Å². The van der Waals surface area contributed by atoms with Crippen LogP contribution in [0.2, 0.25) is 0 Å². The molecule has 1 unspecified atom stereocenters. The first-order valence-electron chi connectivity index (χ1n) is 12.1. The summed E-state index contributed by atoms with van der Waals surface area (Å²) in [4.78, 5) is 25.7. The van der Waals surface area contributed by atoms with Gasteiger partial charge in [-0.2, -0.15) is 0 Å². The fraction of sp³-hybridized carbons (Fsp3) is 0.129. The first kappa shape index (κ1) is 24.9. The molecule has 0 saturated heterocycles. The summed E-state index contributed by atoms with van der Waals surface area (Å²) in [5.41, 5.74) is 0.728. The van der Waals surface area contributed by atoms with Crippen LogP contribution in [0.1, 0.15) is 22.4 Å². The number of benzene rings is 4. The average molecular weight is 507 g/mol. The van der Waals surface area contributed by atoms with Gasteiger partial charge in [0.1, 0.15) is 11.5 Å². The van der Waals surface area contributed by atoms with Crippen molar-refractivity contribution >= 4 is 22.4 Å². The number of aliphatic hydroxyl groups is 1. The van der Waals surface area contributed by atoms with E-state index in [0.29, 0.717) is 39.2 Å². The van der Waals surface area contributed by atoms with Crippen LogP contribution in [-0.4, -0.2) is 16.2 Å². The summed E-state index contributed by atoms with van der Waals surface area (Å²) in [6.45, 7) is 3.67. The fourth-order valence-electron chi connectivity index (χ4n) is 4.40. The van der Waals surface area contributed by atoms with Gasteiger partial charge in [-0.1, -0.05) is 65.3 Å². The molecule has 5 rings (SSSR count). The van der Waals surface area contributed by atoms with Crippen molar-refractivity contribution in [2.75, 3.05) is 5.32 Å². The van der Waals surface area contributed by atoms with Gasteiger partial charge in [-0.15, -0.1) is 0 Å². The predicted octanol–water partition coefficient (Wildman–Crippen LogP) is 5.67. The minimum Gasteiger partial charge on any atom is -0.457 e. The summed E-state index contributed by atoms with van der Waals surface area (Å²) < 4.78 is 10.7. The van der Waals surface area contributed by atoms with Crippen LogP contribution in [0.3, 0.4) is 0 Å². The molecule has 1 aromatic heterocycles. The van der Waals surface area contributed by atoms with E-state index in [4.69, 9.17) is 9.26 Å². The van der Waals surface area contributed by atoms with E-state index in [-0.39, 0.29) is 6.42 Å². The van der Waals surface area contributed by atoms with E-state index >= 15 is 0 Å². The second-order valence-corrected chi connectivity index (χ2v) is 9.24. The lowest BCUT2D eigenvalue weighted by Gasteiger charge is -2.28. The number of hydrogen-bond acceptors (Lipinski definition) is 6. The highest BCUT2D eigenvalue weighted by Gasteiger charge is 2.38. The zero-order valence-corrected chi connectivity index (χ0v) is 21.0. The zero-order valence-electron chi connectivity index (χ0n) is 21.0. The van der Waals surface area contributed by atoms with Crippen LogP contribution in [0, 0.1) is 13.8 Å². The van der Waals surface area contributed by atoms with E-state index in [2.05, 4.69) is 10.5 Å². The van der Waals surface area contributed by atoms with E-state index in [1.165, 1.54) is 0 Å². The SMILES string of the molecule is Cc1cccc(CC(O)(C(=O)Nc2ccc3c(=O)onc(C)c3c2)c2ccc(Oc3ccccc3)cc2)c1. The Kier molecular flexibility index (Phi) is 6.77. The molecular weight excluding hydrogens is 480 g/mol. The molecule has 1 heterocycles. The lowest BCUT2D eigenvalue weighted by molar-refractivity contribution is -0.135. The molecule has 2 N–H and O–H groups in total. The topological polar surface area (TPSA) is 102 Å². The normalized spacial score (nSPS) is 12.6. The number of nitrogens with zero attached hydrogens (tertiary/aromatic N) is 1. The smallest absolute Gasteiger partial charge is 0.366 e. The van der Waals surface area contributed by atoms with Gasteiger partial charge in [-0.3, -0.25) is 4.79 Å². The van der Waals surface area contributed by atoms with Crippen molar-refractivity contribution in [3.63, 3.8) is 0 Å². The number of aromatic nitrogens is 1. The molecule has 0 aliphatic rings. The maximum Gasteiger partial charge on any atom is 0.366 e. The standard InChI is InChI=1S/C31H26N2O5/c1-20-7-6-8-22(17-20)19-31(36,23-11-14-26(15-12-23)37-25-9-4-3-5-10-25)30(35)32-24-13-16-27-28(18-24)21(2)33-38-29(27)34/h3-18,36H,19H2,1-2H3,(H,32,35). The minimum atomic E-state index is -1.89. The van der Waals surface area contributed by atoms with Gasteiger partial charge in [-0.05, 0) is 67.4 Å². The van der Waals surface area contributed by atoms with Crippen LogP contribution < -0.4 is 15.7 Å². The maximum atomic E-state index is 13.7. The fourth-order valence-corrected chi connectivity index (χ4v) is 4.40. The highest BCUT2D eigenvalue weighted by atomic mass is 16.5. The van der Waals surface area contributed by atoms with Crippen molar-refractivity contribution in [1.29, 1.82) is 0 Å². The highest BCUT2D eigenvalue weighted by Crippen LogP contribution is 2.31. The average Bonchev–Trinajstić information content (AvgIpc) is 2.92. The van der Waals surface area contributed by atoms with Gasteiger partial charge in [0, 0.05) is 17.5 Å². The van der Waals surface area contributed by atoms with Gasteiger partial charge in [-0.25, -0.2) is 4.79 Å². The number of amides is 1. The molecule has 4 aromatic carbocycles. The highest BCUT2D eigenvalue weighted by molar-refractivity contribution is 6.00. The van der Waals surface area contributed by atoms with Crippen molar-refractivity contribution in [2.24, 2.45) is 0 Å². The summed E-state index contributed by atoms with van der Waals surface area (Å²) in [7, 11) is 0. The van der Waals surface area contributed by atoms with Crippen LogP contribution in [0.25, 0.3) is 10.8 Å². The monoisotopic (exact) mass is 506 g/mol. The number of carbonyl (C=O) groups excluding carboxylic acids is 1. The van der Waals surface area contributed by atoms with Crippen LogP contribution in [0.15, 0.2) is 106 Å². The molecule has 5 aromatic rings. The number of rotatable bonds is 7. The Labute approximate surface area is 219 Å². The summed E-state index contributed by atoms with van der Waals surface area (Å²) >= 11 is 0. The predicted molar refractivity (Wildman–Crippen MR) is 145 cm³/mol. The number of anilines is 1. The van der Waals surface area contributed by atoms with Crippen LogP contribution in [0.4, 0.5) is 5.69 Å². The molecule has 0 fully saturated rings. The number of carbonyl (C=O) groups is 1. The van der Waals surface area contributed by atoms with Crippen molar-refractivity contribution in [3.05, 3.63) is 130 Å². The van der Waals surface area contributed by atoms with Gasteiger partial charge in [0.25, 0.3) is 5.91 Å². The molecule has 0 radical (unpaired) electrons. The van der Waals surface area contributed by atoms with Crippen LogP contribution in [-0.2, 0) is 16.8 Å². The number of aryl methyl sites for hydroxylation is 2. The lowest BCUT2D eigenvalue weighted by Crippen LogP contribution is -2.42. The Morgan fingerprint density at radius 3 is 2.37 bits per heavy atom. The second kappa shape index (κ2) is 10.3. The Morgan fingerprint density at radius 2 is 1.63 bits per heavy atom. The van der Waals surface area contributed by atoms with Crippen LogP contribution >= 0.6 is 0 Å². The van der Waals surface area contributed by atoms with Crippen molar-refractivity contribution in [3.8, 4) is 11.5 Å². The molecule has 38 heavy (non-hydrogen) atoms. The number of hydrogen-bond donors (Lipinski definition) is 2. The number of fused-ring (bicyclic) bond motifs is 1. The molecule has 1 atom stereocenters. The quantitative estimate of drug-likeness (QED) is 0.295. The number of nitrogens with one attached hydrogen (secondary N) is 1. The molecule has 0 aliphatic heterocycles. The Balaban J connectivity index is 1.48. The van der Waals surface area contributed by atoms with Gasteiger partial charge in [0.05, 0.1) is 11.1 Å². The second-order valence-electron chi connectivity index (χ2n) is 9.24. The first-order chi connectivity index (χ1) is 18.3. The van der Waals surface area contributed by atoms with Crippen molar-refractivity contribution in [2.45, 2.75) is 25.9 Å². The molecule has 0 saturated carbocycles. The molecule has 0 spiro atoms. The van der Waals surface area contributed by atoms with E-state index < -0.39 is 17.1 Å². The van der Waals surface area contributed by atoms with Gasteiger partial charge < -0.3 is 19.7 Å². The first-order valence-corrected chi connectivity index (χ1v) is 12.1. The molecular formula is C31H26N2O5. The van der Waals surface area contributed by atoms with E-state index in [9.17, 15) is 14.7 Å². The molecule has 7 heteroatoms.